The maximum atomic E-state index is 5.92. The molecule has 3 heteroatoms. The molecule has 1 rings (SSSR count). The van der Waals surface area contributed by atoms with Crippen molar-refractivity contribution in [3.8, 4) is 0 Å². The van der Waals surface area contributed by atoms with E-state index in [0.717, 1.165) is 11.0 Å². The first-order chi connectivity index (χ1) is 8.10. The second kappa shape index (κ2) is 7.14. The number of benzene rings is 1. The highest BCUT2D eigenvalue weighted by Gasteiger charge is 2.17. The van der Waals surface area contributed by atoms with Gasteiger partial charge in [-0.05, 0) is 44.1 Å². The van der Waals surface area contributed by atoms with E-state index in [9.17, 15) is 0 Å². The molecule has 0 fully saturated rings. The quantitative estimate of drug-likeness (QED) is 0.871. The SMILES string of the molecule is CCCCN(C)C(CN)c1ccc(C)cc1Br. The fourth-order valence-corrected chi connectivity index (χ4v) is 2.77. The lowest BCUT2D eigenvalue weighted by atomic mass is 10.0. The van der Waals surface area contributed by atoms with Crippen LogP contribution >= 0.6 is 15.9 Å². The van der Waals surface area contributed by atoms with Crippen LogP contribution in [0.3, 0.4) is 0 Å². The Hall–Kier alpha value is -0.380. The van der Waals surface area contributed by atoms with E-state index >= 15 is 0 Å². The Balaban J connectivity index is 2.85. The molecule has 0 amide bonds. The number of nitrogens with zero attached hydrogens (tertiary/aromatic N) is 1. The molecule has 1 unspecified atom stereocenters. The van der Waals surface area contributed by atoms with Gasteiger partial charge in [-0.25, -0.2) is 0 Å². The summed E-state index contributed by atoms with van der Waals surface area (Å²) in [6.45, 7) is 6.07. The second-order valence-corrected chi connectivity index (χ2v) is 5.46. The summed E-state index contributed by atoms with van der Waals surface area (Å²) in [5, 5.41) is 0. The van der Waals surface area contributed by atoms with Crippen LogP contribution in [0, 0.1) is 6.92 Å². The molecule has 1 aromatic rings. The zero-order valence-corrected chi connectivity index (χ0v) is 12.6. The van der Waals surface area contributed by atoms with E-state index in [4.69, 9.17) is 5.73 Å². The van der Waals surface area contributed by atoms with E-state index in [1.54, 1.807) is 0 Å². The molecule has 0 saturated heterocycles. The van der Waals surface area contributed by atoms with Gasteiger partial charge < -0.3 is 5.73 Å². The van der Waals surface area contributed by atoms with Crippen LogP contribution in [-0.4, -0.2) is 25.0 Å². The molecule has 2 N–H and O–H groups in total. The Bertz CT molecular complexity index is 352. The summed E-state index contributed by atoms with van der Waals surface area (Å²) < 4.78 is 1.16. The molecule has 0 bridgehead atoms. The van der Waals surface area contributed by atoms with Gasteiger partial charge in [0.2, 0.25) is 0 Å². The maximum absolute atomic E-state index is 5.92. The highest BCUT2D eigenvalue weighted by Crippen LogP contribution is 2.27. The Morgan fingerprint density at radius 1 is 1.41 bits per heavy atom. The lowest BCUT2D eigenvalue weighted by Crippen LogP contribution is -2.31. The topological polar surface area (TPSA) is 29.3 Å². The zero-order chi connectivity index (χ0) is 12.8. The maximum Gasteiger partial charge on any atom is 0.0478 e. The Kier molecular flexibility index (Phi) is 6.17. The van der Waals surface area contributed by atoms with Gasteiger partial charge in [0.1, 0.15) is 0 Å². The van der Waals surface area contributed by atoms with Crippen molar-refractivity contribution in [2.75, 3.05) is 20.1 Å². The Morgan fingerprint density at radius 3 is 2.65 bits per heavy atom. The number of hydrogen-bond donors (Lipinski definition) is 1. The van der Waals surface area contributed by atoms with Crippen LogP contribution in [0.2, 0.25) is 0 Å². The smallest absolute Gasteiger partial charge is 0.0478 e. The third-order valence-electron chi connectivity index (χ3n) is 3.13. The molecule has 2 nitrogen and oxygen atoms in total. The highest BCUT2D eigenvalue weighted by molar-refractivity contribution is 9.10. The van der Waals surface area contributed by atoms with Crippen molar-refractivity contribution in [1.82, 2.24) is 4.90 Å². The third kappa shape index (κ3) is 4.09. The number of halogens is 1. The number of nitrogens with two attached hydrogens (primary N) is 1. The van der Waals surface area contributed by atoms with Crippen LogP contribution in [0.25, 0.3) is 0 Å². The van der Waals surface area contributed by atoms with Gasteiger partial charge in [0.15, 0.2) is 0 Å². The summed E-state index contributed by atoms with van der Waals surface area (Å²) in [6, 6.07) is 6.79. The number of aryl methyl sites for hydroxylation is 1. The molecule has 0 aliphatic carbocycles. The van der Waals surface area contributed by atoms with Crippen molar-refractivity contribution in [3.63, 3.8) is 0 Å². The lowest BCUT2D eigenvalue weighted by molar-refractivity contribution is 0.246. The average molecular weight is 299 g/mol. The minimum atomic E-state index is 0.302. The Morgan fingerprint density at radius 2 is 2.12 bits per heavy atom. The number of likely N-dealkylation sites (N-methyl/N-ethyl adjacent to an activating group) is 1. The second-order valence-electron chi connectivity index (χ2n) is 4.61. The number of unbranched alkanes of at least 4 members (excludes halogenated alkanes) is 1. The fraction of sp³-hybridized carbons (Fsp3) is 0.571. The van der Waals surface area contributed by atoms with Crippen LogP contribution in [0.5, 0.6) is 0 Å². The van der Waals surface area contributed by atoms with Gasteiger partial charge in [-0.1, -0.05) is 41.4 Å². The molecule has 1 aromatic carbocycles. The molecular formula is C14H23BrN2. The molecule has 0 saturated carbocycles. The summed E-state index contributed by atoms with van der Waals surface area (Å²) in [4.78, 5) is 2.35. The first kappa shape index (κ1) is 14.7. The molecule has 0 radical (unpaired) electrons. The summed E-state index contributed by atoms with van der Waals surface area (Å²) in [5.41, 5.74) is 8.48. The molecule has 0 heterocycles. The lowest BCUT2D eigenvalue weighted by Gasteiger charge is -2.28. The fourth-order valence-electron chi connectivity index (χ4n) is 2.01. The summed E-state index contributed by atoms with van der Waals surface area (Å²) >= 11 is 3.64. The van der Waals surface area contributed by atoms with E-state index < -0.39 is 0 Å². The van der Waals surface area contributed by atoms with Crippen molar-refractivity contribution < 1.29 is 0 Å². The van der Waals surface area contributed by atoms with E-state index in [-0.39, 0.29) is 0 Å². The van der Waals surface area contributed by atoms with Crippen LogP contribution < -0.4 is 5.73 Å². The predicted molar refractivity (Wildman–Crippen MR) is 78.2 cm³/mol. The zero-order valence-electron chi connectivity index (χ0n) is 11.0. The minimum absolute atomic E-state index is 0.302. The molecule has 0 aliphatic heterocycles. The van der Waals surface area contributed by atoms with Crippen LogP contribution in [0.4, 0.5) is 0 Å². The normalized spacial score (nSPS) is 13.1. The largest absolute Gasteiger partial charge is 0.329 e. The van der Waals surface area contributed by atoms with Gasteiger partial charge in [-0.2, -0.15) is 0 Å². The van der Waals surface area contributed by atoms with Crippen LogP contribution in [0.15, 0.2) is 22.7 Å². The van der Waals surface area contributed by atoms with E-state index in [1.165, 1.54) is 24.0 Å². The Labute approximate surface area is 113 Å². The van der Waals surface area contributed by atoms with Gasteiger partial charge >= 0.3 is 0 Å². The van der Waals surface area contributed by atoms with Crippen LogP contribution in [-0.2, 0) is 0 Å². The van der Waals surface area contributed by atoms with Gasteiger partial charge in [-0.15, -0.1) is 0 Å². The molecule has 17 heavy (non-hydrogen) atoms. The summed E-state index contributed by atoms with van der Waals surface area (Å²) in [7, 11) is 2.15. The van der Waals surface area contributed by atoms with Crippen molar-refractivity contribution in [2.45, 2.75) is 32.7 Å². The molecule has 0 aromatic heterocycles. The first-order valence-electron chi connectivity index (χ1n) is 6.26. The van der Waals surface area contributed by atoms with E-state index in [0.29, 0.717) is 12.6 Å². The van der Waals surface area contributed by atoms with Crippen molar-refractivity contribution in [2.24, 2.45) is 5.73 Å². The molecule has 1 atom stereocenters. The molecule has 0 spiro atoms. The number of rotatable bonds is 6. The van der Waals surface area contributed by atoms with E-state index in [1.807, 2.05) is 0 Å². The van der Waals surface area contributed by atoms with Gasteiger partial charge in [0.25, 0.3) is 0 Å². The van der Waals surface area contributed by atoms with Crippen LogP contribution in [0.1, 0.15) is 36.9 Å². The summed E-state index contributed by atoms with van der Waals surface area (Å²) in [6.07, 6.45) is 2.44. The molecule has 96 valence electrons. The standard InChI is InChI=1S/C14H23BrN2/c1-4-5-8-17(3)14(10-16)12-7-6-11(2)9-13(12)15/h6-7,9,14H,4-5,8,10,16H2,1-3H3. The molecular weight excluding hydrogens is 276 g/mol. The highest BCUT2D eigenvalue weighted by atomic mass is 79.9. The van der Waals surface area contributed by atoms with E-state index in [2.05, 4.69) is 59.9 Å². The molecule has 0 aliphatic rings. The summed E-state index contributed by atoms with van der Waals surface area (Å²) in [5.74, 6) is 0. The van der Waals surface area contributed by atoms with Crippen molar-refractivity contribution >= 4 is 15.9 Å². The van der Waals surface area contributed by atoms with Crippen molar-refractivity contribution in [1.29, 1.82) is 0 Å². The monoisotopic (exact) mass is 298 g/mol. The minimum Gasteiger partial charge on any atom is -0.329 e. The third-order valence-corrected chi connectivity index (χ3v) is 3.82. The predicted octanol–water partition coefficient (Wildman–Crippen LogP) is 3.49. The average Bonchev–Trinajstić information content (AvgIpc) is 2.30. The number of hydrogen-bond acceptors (Lipinski definition) is 2. The van der Waals surface area contributed by atoms with Gasteiger partial charge in [0.05, 0.1) is 0 Å². The van der Waals surface area contributed by atoms with Crippen molar-refractivity contribution in [3.05, 3.63) is 33.8 Å². The van der Waals surface area contributed by atoms with Gasteiger partial charge in [-0.3, -0.25) is 4.90 Å². The van der Waals surface area contributed by atoms with Gasteiger partial charge in [0, 0.05) is 17.1 Å². The first-order valence-corrected chi connectivity index (χ1v) is 7.05.